The first-order valence-corrected chi connectivity index (χ1v) is 11.2. The fraction of sp³-hybridized carbons (Fsp3) is 0.120. The molecule has 1 aromatic heterocycles. The van der Waals surface area contributed by atoms with Crippen molar-refractivity contribution in [2.45, 2.75) is 13.8 Å². The van der Waals surface area contributed by atoms with Gasteiger partial charge in [-0.15, -0.1) is 11.3 Å². The molecule has 0 radical (unpaired) electrons. The number of hydrazone groups is 1. The van der Waals surface area contributed by atoms with Gasteiger partial charge < -0.3 is 14.6 Å². The van der Waals surface area contributed by atoms with Gasteiger partial charge in [0.15, 0.2) is 11.5 Å². The lowest BCUT2D eigenvalue weighted by Crippen LogP contribution is -2.21. The van der Waals surface area contributed by atoms with Crippen molar-refractivity contribution < 1.29 is 29.0 Å². The predicted molar refractivity (Wildman–Crippen MR) is 129 cm³/mol. The first-order valence-electron chi connectivity index (χ1n) is 10.3. The van der Waals surface area contributed by atoms with Crippen molar-refractivity contribution in [1.29, 1.82) is 0 Å². The van der Waals surface area contributed by atoms with E-state index in [0.29, 0.717) is 39.8 Å². The Morgan fingerprint density at radius 3 is 2.65 bits per heavy atom. The maximum Gasteiger partial charge on any atom is 0.353 e. The number of ether oxygens (including phenoxy) is 2. The second kappa shape index (κ2) is 9.72. The van der Waals surface area contributed by atoms with E-state index in [1.165, 1.54) is 28.5 Å². The number of thiophene rings is 1. The highest BCUT2D eigenvalue weighted by molar-refractivity contribution is 7.12. The van der Waals surface area contributed by atoms with E-state index in [-0.39, 0.29) is 17.2 Å². The van der Waals surface area contributed by atoms with Crippen molar-refractivity contribution >= 4 is 46.7 Å². The lowest BCUT2D eigenvalue weighted by atomic mass is 10.1. The van der Waals surface area contributed by atoms with Gasteiger partial charge in [-0.1, -0.05) is 18.2 Å². The van der Waals surface area contributed by atoms with Crippen LogP contribution in [0, 0.1) is 0 Å². The number of hydrogen-bond donors (Lipinski definition) is 1. The molecule has 1 aliphatic rings. The molecule has 1 amide bonds. The van der Waals surface area contributed by atoms with Crippen molar-refractivity contribution in [3.63, 3.8) is 0 Å². The number of esters is 1. The number of amides is 1. The number of carbonyl (C=O) groups excluding carboxylic acids is 2. The van der Waals surface area contributed by atoms with Gasteiger partial charge in [-0.25, -0.2) is 9.59 Å². The Morgan fingerprint density at radius 1 is 1.12 bits per heavy atom. The summed E-state index contributed by atoms with van der Waals surface area (Å²) in [5.74, 6) is -1.31. The molecule has 0 spiro atoms. The molecule has 0 aliphatic carbocycles. The van der Waals surface area contributed by atoms with Gasteiger partial charge in [0, 0.05) is 0 Å². The fourth-order valence-corrected chi connectivity index (χ4v) is 3.91. The Balaban J connectivity index is 1.61. The summed E-state index contributed by atoms with van der Waals surface area (Å²) in [6, 6.07) is 14.5. The summed E-state index contributed by atoms with van der Waals surface area (Å²) in [4.78, 5) is 37.1. The smallest absolute Gasteiger partial charge is 0.353 e. The van der Waals surface area contributed by atoms with E-state index in [4.69, 9.17) is 9.47 Å². The monoisotopic (exact) mass is 476 g/mol. The van der Waals surface area contributed by atoms with Crippen LogP contribution >= 0.6 is 11.3 Å². The van der Waals surface area contributed by atoms with Crippen LogP contribution in [0.5, 0.6) is 11.5 Å². The molecule has 1 N–H and O–H groups in total. The van der Waals surface area contributed by atoms with Crippen molar-refractivity contribution in [1.82, 2.24) is 0 Å². The second-order valence-corrected chi connectivity index (χ2v) is 8.17. The first-order chi connectivity index (χ1) is 16.4. The molecule has 0 bridgehead atoms. The number of carboxylic acids is 1. The molecule has 4 rings (SSSR count). The van der Waals surface area contributed by atoms with Gasteiger partial charge in [0.1, 0.15) is 4.88 Å². The third kappa shape index (κ3) is 4.74. The summed E-state index contributed by atoms with van der Waals surface area (Å²) in [5, 5.41) is 16.5. The van der Waals surface area contributed by atoms with E-state index in [1.54, 1.807) is 60.8 Å². The minimum atomic E-state index is -1.09. The van der Waals surface area contributed by atoms with Crippen molar-refractivity contribution in [2.24, 2.45) is 5.10 Å². The van der Waals surface area contributed by atoms with Crippen LogP contribution in [-0.2, 0) is 4.79 Å². The second-order valence-electron chi connectivity index (χ2n) is 7.22. The summed E-state index contributed by atoms with van der Waals surface area (Å²) in [7, 11) is 0. The van der Waals surface area contributed by atoms with Crippen LogP contribution < -0.4 is 14.5 Å². The zero-order valence-corrected chi connectivity index (χ0v) is 19.2. The van der Waals surface area contributed by atoms with E-state index in [9.17, 15) is 19.5 Å². The average molecular weight is 477 g/mol. The Labute approximate surface area is 199 Å². The molecule has 0 saturated heterocycles. The third-order valence-corrected chi connectivity index (χ3v) is 5.75. The minimum Gasteiger partial charge on any atom is -0.490 e. The summed E-state index contributed by atoms with van der Waals surface area (Å²) in [6.07, 6.45) is 1.66. The van der Waals surface area contributed by atoms with Crippen molar-refractivity contribution in [2.75, 3.05) is 11.6 Å². The number of hydrogen-bond acceptors (Lipinski definition) is 7. The number of carboxylic acid groups (broad SMARTS) is 1. The maximum atomic E-state index is 13.1. The highest BCUT2D eigenvalue weighted by atomic mass is 32.1. The Hall–Kier alpha value is -4.24. The van der Waals surface area contributed by atoms with E-state index in [2.05, 4.69) is 5.10 Å². The molecule has 34 heavy (non-hydrogen) atoms. The maximum absolute atomic E-state index is 13.1. The Kier molecular flexibility index (Phi) is 6.55. The van der Waals surface area contributed by atoms with E-state index < -0.39 is 11.9 Å². The number of anilines is 1. The summed E-state index contributed by atoms with van der Waals surface area (Å²) < 4.78 is 11.1. The molecule has 0 atom stereocenters. The Morgan fingerprint density at radius 2 is 1.94 bits per heavy atom. The molecule has 2 heterocycles. The van der Waals surface area contributed by atoms with Crippen LogP contribution in [0.25, 0.3) is 6.08 Å². The number of carbonyl (C=O) groups is 3. The van der Waals surface area contributed by atoms with Gasteiger partial charge in [0.05, 0.1) is 29.1 Å². The summed E-state index contributed by atoms with van der Waals surface area (Å²) in [5.41, 5.74) is 1.91. The van der Waals surface area contributed by atoms with Gasteiger partial charge in [0.2, 0.25) is 0 Å². The molecule has 8 nitrogen and oxygen atoms in total. The number of aromatic carboxylic acids is 1. The van der Waals surface area contributed by atoms with Gasteiger partial charge in [-0.3, -0.25) is 4.79 Å². The van der Waals surface area contributed by atoms with Crippen LogP contribution in [-0.4, -0.2) is 35.3 Å². The zero-order valence-electron chi connectivity index (χ0n) is 18.3. The largest absolute Gasteiger partial charge is 0.490 e. The lowest BCUT2D eigenvalue weighted by molar-refractivity contribution is -0.114. The van der Waals surface area contributed by atoms with Crippen molar-refractivity contribution in [3.05, 3.63) is 81.6 Å². The molecule has 1 aliphatic heterocycles. The Bertz CT molecular complexity index is 1330. The van der Waals surface area contributed by atoms with E-state index in [1.807, 2.05) is 6.92 Å². The lowest BCUT2D eigenvalue weighted by Gasteiger charge is -2.12. The molecule has 172 valence electrons. The average Bonchev–Trinajstić information content (AvgIpc) is 3.46. The summed E-state index contributed by atoms with van der Waals surface area (Å²) in [6.45, 7) is 3.87. The molecule has 2 aromatic carbocycles. The van der Waals surface area contributed by atoms with E-state index >= 15 is 0 Å². The van der Waals surface area contributed by atoms with Crippen LogP contribution in [0.4, 0.5) is 5.69 Å². The highest BCUT2D eigenvalue weighted by Crippen LogP contribution is 2.32. The molecular formula is C25H20N2O6S. The highest BCUT2D eigenvalue weighted by Gasteiger charge is 2.29. The number of rotatable bonds is 7. The van der Waals surface area contributed by atoms with Gasteiger partial charge in [-0.05, 0) is 67.3 Å². The summed E-state index contributed by atoms with van der Waals surface area (Å²) >= 11 is 1.28. The van der Waals surface area contributed by atoms with Crippen LogP contribution in [0.2, 0.25) is 0 Å². The molecule has 3 aromatic rings. The topological polar surface area (TPSA) is 106 Å². The molecule has 9 heteroatoms. The predicted octanol–water partition coefficient (Wildman–Crippen LogP) is 4.87. The van der Waals surface area contributed by atoms with Crippen LogP contribution in [0.3, 0.4) is 0 Å². The van der Waals surface area contributed by atoms with E-state index in [0.717, 1.165) is 0 Å². The van der Waals surface area contributed by atoms with Crippen LogP contribution in [0.15, 0.2) is 70.7 Å². The zero-order chi connectivity index (χ0) is 24.2. The normalized spacial score (nSPS) is 14.3. The van der Waals surface area contributed by atoms with Crippen LogP contribution in [0.1, 0.15) is 39.4 Å². The quantitative estimate of drug-likeness (QED) is 0.296. The minimum absolute atomic E-state index is 0.0598. The fourth-order valence-electron chi connectivity index (χ4n) is 3.31. The molecule has 0 fully saturated rings. The molecular weight excluding hydrogens is 456 g/mol. The van der Waals surface area contributed by atoms with Gasteiger partial charge in [0.25, 0.3) is 5.91 Å². The van der Waals surface area contributed by atoms with Crippen molar-refractivity contribution in [3.8, 4) is 11.5 Å². The van der Waals surface area contributed by atoms with Gasteiger partial charge in [-0.2, -0.15) is 10.1 Å². The SMILES string of the molecule is CCOc1cc(C=C2C(=O)N(c3cccc(C(=O)O)c3)N=C2C)ccc1OC(=O)c1cccs1. The number of benzene rings is 2. The third-order valence-electron chi connectivity index (χ3n) is 4.90. The first kappa shape index (κ1) is 22.9. The standard InChI is InChI=1S/C25H20N2O6S/c1-3-32-21-13-16(9-10-20(21)33-25(31)22-8-5-11-34-22)12-19-15(2)26-27(23(19)28)18-7-4-6-17(14-18)24(29)30/h4-14H,3H2,1-2H3,(H,29,30). The van der Waals surface area contributed by atoms with Gasteiger partial charge >= 0.3 is 11.9 Å². The molecule has 0 unspecified atom stereocenters. The molecule has 0 saturated carbocycles. The number of nitrogens with zero attached hydrogens (tertiary/aromatic N) is 2.